The topological polar surface area (TPSA) is 72.7 Å². The van der Waals surface area contributed by atoms with E-state index in [0.717, 1.165) is 59.2 Å². The summed E-state index contributed by atoms with van der Waals surface area (Å²) in [6, 6.07) is 35.6. The van der Waals surface area contributed by atoms with Crippen molar-refractivity contribution in [2.45, 2.75) is 57.3 Å². The maximum absolute atomic E-state index is 13.0. The number of carbonyl (C=O) groups excluding carboxylic acids is 1. The highest BCUT2D eigenvalue weighted by Gasteiger charge is 2.17. The second-order valence-corrected chi connectivity index (χ2v) is 12.4. The quantitative estimate of drug-likeness (QED) is 0.114. The van der Waals surface area contributed by atoms with Crippen LogP contribution >= 0.6 is 11.8 Å². The standard InChI is InChI=1S/C37H37N5OS/c1-26-16-19-29(20-17-26)25-42-33-21-18-27(2)23-31(33)35-36(42)39-37(41-40-35)44-22-10-9-15-34(43)38-32(30-13-7-4-8-14-30)24-28-11-5-3-6-12-28/h3-8,11-14,16-21,23,32H,9-10,15,22,24-25H2,1-2H3,(H,38,43). The van der Waals surface area contributed by atoms with Crippen LogP contribution in [0, 0.1) is 13.8 Å². The van der Waals surface area contributed by atoms with Crippen molar-refractivity contribution >= 4 is 39.7 Å². The molecule has 1 amide bonds. The number of aromatic nitrogens is 4. The number of hydrogen-bond acceptors (Lipinski definition) is 5. The van der Waals surface area contributed by atoms with E-state index in [1.54, 1.807) is 11.8 Å². The molecule has 0 aliphatic carbocycles. The van der Waals surface area contributed by atoms with Gasteiger partial charge in [0, 0.05) is 24.1 Å². The van der Waals surface area contributed by atoms with E-state index in [4.69, 9.17) is 4.98 Å². The molecule has 2 aromatic heterocycles. The molecule has 0 spiro atoms. The number of aryl methyl sites for hydroxylation is 2. The van der Waals surface area contributed by atoms with E-state index in [2.05, 4.69) is 101 Å². The van der Waals surface area contributed by atoms with Gasteiger partial charge in [-0.25, -0.2) is 4.98 Å². The summed E-state index contributed by atoms with van der Waals surface area (Å²) in [5.74, 6) is 0.902. The van der Waals surface area contributed by atoms with Crippen molar-refractivity contribution in [2.24, 2.45) is 0 Å². The van der Waals surface area contributed by atoms with Crippen molar-refractivity contribution < 1.29 is 4.79 Å². The van der Waals surface area contributed by atoms with Gasteiger partial charge in [-0.2, -0.15) is 0 Å². The molecule has 0 saturated carbocycles. The van der Waals surface area contributed by atoms with E-state index < -0.39 is 0 Å². The zero-order chi connectivity index (χ0) is 30.3. The minimum atomic E-state index is -0.0536. The molecule has 222 valence electrons. The first kappa shape index (κ1) is 29.6. The van der Waals surface area contributed by atoms with Gasteiger partial charge in [0.2, 0.25) is 11.1 Å². The molecule has 44 heavy (non-hydrogen) atoms. The van der Waals surface area contributed by atoms with Gasteiger partial charge in [0.25, 0.3) is 0 Å². The Hall–Kier alpha value is -4.49. The van der Waals surface area contributed by atoms with Gasteiger partial charge in [-0.3, -0.25) is 4.79 Å². The minimum Gasteiger partial charge on any atom is -0.349 e. The summed E-state index contributed by atoms with van der Waals surface area (Å²) in [6.45, 7) is 4.92. The lowest BCUT2D eigenvalue weighted by molar-refractivity contribution is -0.121. The third-order valence-corrected chi connectivity index (χ3v) is 8.84. The summed E-state index contributed by atoms with van der Waals surface area (Å²) >= 11 is 1.60. The van der Waals surface area contributed by atoms with Gasteiger partial charge >= 0.3 is 0 Å². The summed E-state index contributed by atoms with van der Waals surface area (Å²) in [4.78, 5) is 17.9. The summed E-state index contributed by atoms with van der Waals surface area (Å²) in [7, 11) is 0. The molecule has 1 N–H and O–H groups in total. The van der Waals surface area contributed by atoms with E-state index in [0.29, 0.717) is 11.6 Å². The van der Waals surface area contributed by atoms with Crippen molar-refractivity contribution in [3.8, 4) is 0 Å². The lowest BCUT2D eigenvalue weighted by Crippen LogP contribution is -2.29. The normalized spacial score (nSPS) is 12.0. The number of nitrogens with zero attached hydrogens (tertiary/aromatic N) is 4. The number of rotatable bonds is 12. The Morgan fingerprint density at radius 2 is 1.55 bits per heavy atom. The van der Waals surface area contributed by atoms with Crippen LogP contribution in [0.15, 0.2) is 108 Å². The first-order chi connectivity index (χ1) is 21.5. The average molecular weight is 600 g/mol. The molecule has 0 bridgehead atoms. The van der Waals surface area contributed by atoms with Crippen LogP contribution in [0.5, 0.6) is 0 Å². The molecule has 6 rings (SSSR count). The summed E-state index contributed by atoms with van der Waals surface area (Å²) in [5.41, 5.74) is 8.78. The third kappa shape index (κ3) is 7.17. The molecule has 1 atom stereocenters. The Morgan fingerprint density at radius 3 is 2.32 bits per heavy atom. The van der Waals surface area contributed by atoms with Crippen molar-refractivity contribution in [3.63, 3.8) is 0 Å². The van der Waals surface area contributed by atoms with Crippen molar-refractivity contribution in [3.05, 3.63) is 131 Å². The van der Waals surface area contributed by atoms with Gasteiger partial charge in [-0.15, -0.1) is 10.2 Å². The Bertz CT molecular complexity index is 1850. The monoisotopic (exact) mass is 599 g/mol. The first-order valence-electron chi connectivity index (χ1n) is 15.2. The predicted molar refractivity (Wildman–Crippen MR) is 180 cm³/mol. The van der Waals surface area contributed by atoms with Crippen LogP contribution in [0.2, 0.25) is 0 Å². The molecular formula is C37H37N5OS. The van der Waals surface area contributed by atoms with Crippen molar-refractivity contribution in [2.75, 3.05) is 5.75 Å². The molecule has 0 aliphatic rings. The van der Waals surface area contributed by atoms with Crippen LogP contribution in [0.4, 0.5) is 0 Å². The van der Waals surface area contributed by atoms with Crippen LogP contribution in [0.3, 0.4) is 0 Å². The van der Waals surface area contributed by atoms with Gasteiger partial charge < -0.3 is 9.88 Å². The number of unbranched alkanes of at least 4 members (excludes halogenated alkanes) is 1. The smallest absolute Gasteiger partial charge is 0.220 e. The van der Waals surface area contributed by atoms with E-state index in [1.807, 2.05) is 36.4 Å². The highest BCUT2D eigenvalue weighted by Crippen LogP contribution is 2.29. The number of thioether (sulfide) groups is 1. The van der Waals surface area contributed by atoms with E-state index in [-0.39, 0.29) is 11.9 Å². The van der Waals surface area contributed by atoms with Gasteiger partial charge in [-0.1, -0.05) is 114 Å². The fraction of sp³-hybridized carbons (Fsp3) is 0.243. The summed E-state index contributed by atoms with van der Waals surface area (Å²) in [5, 5.41) is 14.1. The lowest BCUT2D eigenvalue weighted by atomic mass is 9.98. The summed E-state index contributed by atoms with van der Waals surface area (Å²) in [6.07, 6.45) is 2.94. The second kappa shape index (κ2) is 13.9. The average Bonchev–Trinajstić information content (AvgIpc) is 3.34. The molecule has 7 heteroatoms. The largest absolute Gasteiger partial charge is 0.349 e. The molecule has 6 nitrogen and oxygen atoms in total. The zero-order valence-corrected chi connectivity index (χ0v) is 26.1. The highest BCUT2D eigenvalue weighted by molar-refractivity contribution is 7.99. The van der Waals surface area contributed by atoms with Gasteiger partial charge in [-0.05, 0) is 61.9 Å². The number of benzene rings is 4. The number of amides is 1. The minimum absolute atomic E-state index is 0.0536. The fourth-order valence-corrected chi connectivity index (χ4v) is 6.34. The van der Waals surface area contributed by atoms with Crippen LogP contribution < -0.4 is 5.32 Å². The molecule has 1 unspecified atom stereocenters. The molecule has 0 saturated heterocycles. The lowest BCUT2D eigenvalue weighted by Gasteiger charge is -2.19. The van der Waals surface area contributed by atoms with Crippen LogP contribution in [-0.2, 0) is 17.8 Å². The third-order valence-electron chi connectivity index (χ3n) is 7.91. The number of hydrogen-bond donors (Lipinski definition) is 1. The maximum atomic E-state index is 13.0. The van der Waals surface area contributed by atoms with Crippen LogP contribution in [0.1, 0.15) is 53.1 Å². The zero-order valence-electron chi connectivity index (χ0n) is 25.2. The van der Waals surface area contributed by atoms with E-state index in [1.165, 1.54) is 22.3 Å². The van der Waals surface area contributed by atoms with Gasteiger partial charge in [0.15, 0.2) is 5.65 Å². The van der Waals surface area contributed by atoms with Gasteiger partial charge in [0.05, 0.1) is 11.6 Å². The molecule has 6 aromatic rings. The molecule has 4 aromatic carbocycles. The number of carbonyl (C=O) groups is 1. The van der Waals surface area contributed by atoms with Crippen molar-refractivity contribution in [1.29, 1.82) is 0 Å². The predicted octanol–water partition coefficient (Wildman–Crippen LogP) is 8.01. The summed E-state index contributed by atoms with van der Waals surface area (Å²) < 4.78 is 2.25. The fourth-order valence-electron chi connectivity index (χ4n) is 5.56. The molecular weight excluding hydrogens is 563 g/mol. The number of nitrogens with one attached hydrogen (secondary N) is 1. The maximum Gasteiger partial charge on any atom is 0.220 e. The molecule has 0 radical (unpaired) electrons. The molecule has 0 aliphatic heterocycles. The van der Waals surface area contributed by atoms with Crippen molar-refractivity contribution in [1.82, 2.24) is 25.1 Å². The SMILES string of the molecule is Cc1ccc(Cn2c3ccc(C)cc3c3nnc(SCCCCC(=O)NC(Cc4ccccc4)c4ccccc4)nc32)cc1. The Kier molecular flexibility index (Phi) is 9.32. The number of fused-ring (bicyclic) bond motifs is 3. The van der Waals surface area contributed by atoms with E-state index >= 15 is 0 Å². The van der Waals surface area contributed by atoms with Crippen LogP contribution in [-0.4, -0.2) is 31.4 Å². The molecule has 2 heterocycles. The Balaban J connectivity index is 1.08. The molecule has 0 fully saturated rings. The van der Waals surface area contributed by atoms with Gasteiger partial charge in [0.1, 0.15) is 5.52 Å². The Morgan fingerprint density at radius 1 is 0.818 bits per heavy atom. The first-order valence-corrected chi connectivity index (χ1v) is 16.2. The Labute approximate surface area is 262 Å². The van der Waals surface area contributed by atoms with E-state index in [9.17, 15) is 4.79 Å². The van der Waals surface area contributed by atoms with Crippen LogP contribution in [0.25, 0.3) is 22.1 Å². The highest BCUT2D eigenvalue weighted by atomic mass is 32.2. The second-order valence-electron chi connectivity index (χ2n) is 11.4.